The molecule has 19 heavy (non-hydrogen) atoms. The molecule has 2 rings (SSSR count). The number of aliphatic hydroxyl groups excluding tert-OH is 1. The molecule has 0 radical (unpaired) electrons. The maximum Gasteiger partial charge on any atom is 0.212 e. The van der Waals surface area contributed by atoms with Crippen LogP contribution in [0.4, 0.5) is 0 Å². The minimum atomic E-state index is -0.391. The highest BCUT2D eigenvalue weighted by atomic mass is 16.5. The quantitative estimate of drug-likeness (QED) is 0.895. The summed E-state index contributed by atoms with van der Waals surface area (Å²) in [6, 6.07) is 12.0. The molecule has 0 saturated carbocycles. The Labute approximate surface area is 113 Å². The molecule has 1 aromatic carbocycles. The highest BCUT2D eigenvalue weighted by molar-refractivity contribution is 5.23. The number of benzene rings is 1. The van der Waals surface area contributed by atoms with Gasteiger partial charge in [0.05, 0.1) is 13.2 Å². The molecule has 1 atom stereocenters. The van der Waals surface area contributed by atoms with Crippen LogP contribution >= 0.6 is 0 Å². The Morgan fingerprint density at radius 2 is 1.68 bits per heavy atom. The minimum Gasteiger partial charge on any atom is -0.481 e. The number of methoxy groups -OCH3 is 1. The van der Waals surface area contributed by atoms with Gasteiger partial charge in [-0.15, -0.1) is 0 Å². The van der Waals surface area contributed by atoms with Crippen molar-refractivity contribution in [1.82, 2.24) is 4.98 Å². The first-order valence-corrected chi connectivity index (χ1v) is 6.40. The molecule has 1 unspecified atom stereocenters. The van der Waals surface area contributed by atoms with Crippen LogP contribution in [0.5, 0.6) is 5.88 Å². The third-order valence-corrected chi connectivity index (χ3v) is 3.07. The summed E-state index contributed by atoms with van der Waals surface area (Å²) in [5, 5.41) is 10.1. The number of aryl methyl sites for hydroxylation is 1. The highest BCUT2D eigenvalue weighted by Crippen LogP contribution is 2.12. The third-order valence-electron chi connectivity index (χ3n) is 3.07. The van der Waals surface area contributed by atoms with Crippen molar-refractivity contribution in [1.29, 1.82) is 0 Å². The number of pyridine rings is 1. The molecule has 0 spiro atoms. The first-order valence-electron chi connectivity index (χ1n) is 6.40. The summed E-state index contributed by atoms with van der Waals surface area (Å²) in [4.78, 5) is 4.14. The van der Waals surface area contributed by atoms with E-state index in [1.165, 1.54) is 5.56 Å². The second kappa shape index (κ2) is 6.34. The summed E-state index contributed by atoms with van der Waals surface area (Å²) in [7, 11) is 1.59. The van der Waals surface area contributed by atoms with Crippen LogP contribution in [0.15, 0.2) is 42.6 Å². The van der Waals surface area contributed by atoms with Crippen LogP contribution in [0.3, 0.4) is 0 Å². The normalized spacial score (nSPS) is 12.2. The molecule has 0 aliphatic heterocycles. The van der Waals surface area contributed by atoms with Gasteiger partial charge < -0.3 is 9.84 Å². The van der Waals surface area contributed by atoms with Gasteiger partial charge in [0.1, 0.15) is 0 Å². The molecule has 0 aliphatic carbocycles. The van der Waals surface area contributed by atoms with E-state index in [0.717, 1.165) is 11.1 Å². The van der Waals surface area contributed by atoms with Gasteiger partial charge in [0, 0.05) is 18.7 Å². The number of nitrogens with zero attached hydrogens (tertiary/aromatic N) is 1. The molecule has 0 fully saturated rings. The zero-order chi connectivity index (χ0) is 13.7. The van der Waals surface area contributed by atoms with Crippen LogP contribution < -0.4 is 4.74 Å². The molecule has 0 saturated heterocycles. The topological polar surface area (TPSA) is 42.4 Å². The standard InChI is InChI=1S/C16H19NO2/c1-12-3-5-13(6-4-12)9-15(18)10-14-7-8-16(19-2)17-11-14/h3-8,11,15,18H,9-10H2,1-2H3. The van der Waals surface area contributed by atoms with Gasteiger partial charge in [-0.1, -0.05) is 35.9 Å². The lowest BCUT2D eigenvalue weighted by atomic mass is 10.0. The van der Waals surface area contributed by atoms with E-state index in [1.807, 2.05) is 12.1 Å². The minimum absolute atomic E-state index is 0.391. The van der Waals surface area contributed by atoms with E-state index in [-0.39, 0.29) is 0 Å². The molecule has 1 heterocycles. The zero-order valence-corrected chi connectivity index (χ0v) is 11.3. The SMILES string of the molecule is COc1ccc(CC(O)Cc2ccc(C)cc2)cn1. The fourth-order valence-corrected chi connectivity index (χ4v) is 1.99. The molecule has 0 bridgehead atoms. The van der Waals surface area contributed by atoms with Gasteiger partial charge in [-0.2, -0.15) is 0 Å². The summed E-state index contributed by atoms with van der Waals surface area (Å²) in [5.41, 5.74) is 3.40. The van der Waals surface area contributed by atoms with Crippen molar-refractivity contribution in [2.45, 2.75) is 25.9 Å². The third kappa shape index (κ3) is 4.07. The lowest BCUT2D eigenvalue weighted by molar-refractivity contribution is 0.175. The number of hydrogen-bond donors (Lipinski definition) is 1. The maximum atomic E-state index is 10.1. The monoisotopic (exact) mass is 257 g/mol. The Kier molecular flexibility index (Phi) is 4.53. The number of aromatic nitrogens is 1. The average molecular weight is 257 g/mol. The van der Waals surface area contributed by atoms with Gasteiger partial charge in [-0.05, 0) is 24.5 Å². The Balaban J connectivity index is 1.92. The molecular weight excluding hydrogens is 238 g/mol. The average Bonchev–Trinajstić information content (AvgIpc) is 2.42. The van der Waals surface area contributed by atoms with Crippen LogP contribution in [0.2, 0.25) is 0 Å². The molecule has 1 N–H and O–H groups in total. The van der Waals surface area contributed by atoms with E-state index < -0.39 is 6.10 Å². The fourth-order valence-electron chi connectivity index (χ4n) is 1.99. The van der Waals surface area contributed by atoms with Gasteiger partial charge in [0.15, 0.2) is 0 Å². The highest BCUT2D eigenvalue weighted by Gasteiger charge is 2.07. The van der Waals surface area contributed by atoms with Crippen molar-refractivity contribution in [2.24, 2.45) is 0 Å². The molecule has 3 heteroatoms. The maximum absolute atomic E-state index is 10.1. The fraction of sp³-hybridized carbons (Fsp3) is 0.312. The number of aliphatic hydroxyl groups is 1. The van der Waals surface area contributed by atoms with Crippen LogP contribution in [0.25, 0.3) is 0 Å². The Bertz CT molecular complexity index is 505. The van der Waals surface area contributed by atoms with Gasteiger partial charge in [-0.3, -0.25) is 0 Å². The summed E-state index contributed by atoms with van der Waals surface area (Å²) in [6.07, 6.45) is 2.62. The molecular formula is C16H19NO2. The lowest BCUT2D eigenvalue weighted by Gasteiger charge is -2.11. The van der Waals surface area contributed by atoms with Gasteiger partial charge in [-0.25, -0.2) is 4.98 Å². The number of hydrogen-bond acceptors (Lipinski definition) is 3. The van der Waals surface area contributed by atoms with E-state index in [4.69, 9.17) is 4.74 Å². The van der Waals surface area contributed by atoms with Gasteiger partial charge >= 0.3 is 0 Å². The van der Waals surface area contributed by atoms with Crippen molar-refractivity contribution >= 4 is 0 Å². The molecule has 2 aromatic rings. The Morgan fingerprint density at radius 3 is 2.26 bits per heavy atom. The number of ether oxygens (including phenoxy) is 1. The van der Waals surface area contributed by atoms with E-state index in [0.29, 0.717) is 18.7 Å². The molecule has 100 valence electrons. The first kappa shape index (κ1) is 13.6. The molecule has 0 amide bonds. The molecule has 0 aliphatic rings. The van der Waals surface area contributed by atoms with Gasteiger partial charge in [0.2, 0.25) is 5.88 Å². The molecule has 1 aromatic heterocycles. The smallest absolute Gasteiger partial charge is 0.212 e. The van der Waals surface area contributed by atoms with Gasteiger partial charge in [0.25, 0.3) is 0 Å². The van der Waals surface area contributed by atoms with Crippen molar-refractivity contribution < 1.29 is 9.84 Å². The van der Waals surface area contributed by atoms with E-state index in [1.54, 1.807) is 13.3 Å². The predicted octanol–water partition coefficient (Wildman–Crippen LogP) is 2.54. The van der Waals surface area contributed by atoms with Crippen LogP contribution in [0.1, 0.15) is 16.7 Å². The first-order chi connectivity index (χ1) is 9.17. The van der Waals surface area contributed by atoms with Crippen molar-refractivity contribution in [3.63, 3.8) is 0 Å². The lowest BCUT2D eigenvalue weighted by Crippen LogP contribution is -2.14. The van der Waals surface area contributed by atoms with E-state index in [2.05, 4.69) is 36.2 Å². The summed E-state index contributed by atoms with van der Waals surface area (Å²) < 4.78 is 5.01. The summed E-state index contributed by atoms with van der Waals surface area (Å²) in [5.74, 6) is 0.594. The van der Waals surface area contributed by atoms with E-state index in [9.17, 15) is 5.11 Å². The second-order valence-corrected chi connectivity index (χ2v) is 4.76. The zero-order valence-electron chi connectivity index (χ0n) is 11.3. The van der Waals surface area contributed by atoms with Crippen LogP contribution in [-0.2, 0) is 12.8 Å². The van der Waals surface area contributed by atoms with Crippen molar-refractivity contribution in [3.8, 4) is 5.88 Å². The summed E-state index contributed by atoms with van der Waals surface area (Å²) >= 11 is 0. The largest absolute Gasteiger partial charge is 0.481 e. The van der Waals surface area contributed by atoms with Crippen molar-refractivity contribution in [3.05, 3.63) is 59.3 Å². The number of rotatable bonds is 5. The molecule has 3 nitrogen and oxygen atoms in total. The predicted molar refractivity (Wildman–Crippen MR) is 75.4 cm³/mol. The van der Waals surface area contributed by atoms with Crippen molar-refractivity contribution in [2.75, 3.05) is 7.11 Å². The summed E-state index contributed by atoms with van der Waals surface area (Å²) in [6.45, 7) is 2.06. The second-order valence-electron chi connectivity index (χ2n) is 4.76. The van der Waals surface area contributed by atoms with Crippen LogP contribution in [-0.4, -0.2) is 23.3 Å². The van der Waals surface area contributed by atoms with E-state index >= 15 is 0 Å². The Morgan fingerprint density at radius 1 is 1.05 bits per heavy atom. The van der Waals surface area contributed by atoms with Crippen LogP contribution in [0, 0.1) is 6.92 Å². The Hall–Kier alpha value is -1.87.